The van der Waals surface area contributed by atoms with Crippen LogP contribution in [0, 0.1) is 5.82 Å². The first-order valence-electron chi connectivity index (χ1n) is 11.1. The SMILES string of the molecule is CC1CCCCN1c1ccc(N2CCN(C(=O)CCc3ccc(F)c(Cl)c3)CC2)nn1. The molecule has 0 saturated carbocycles. The van der Waals surface area contributed by atoms with Gasteiger partial charge in [0, 0.05) is 45.2 Å². The maximum absolute atomic E-state index is 13.3. The average Bonchev–Trinajstić information content (AvgIpc) is 2.80. The molecule has 0 spiro atoms. The van der Waals surface area contributed by atoms with Crippen LogP contribution in [-0.4, -0.2) is 59.8 Å². The van der Waals surface area contributed by atoms with E-state index in [2.05, 4.69) is 33.0 Å². The van der Waals surface area contributed by atoms with Crippen molar-refractivity contribution in [1.29, 1.82) is 0 Å². The number of halogens is 2. The molecule has 6 nitrogen and oxygen atoms in total. The molecule has 0 radical (unpaired) electrons. The van der Waals surface area contributed by atoms with Gasteiger partial charge in [0.1, 0.15) is 5.82 Å². The number of nitrogens with zero attached hydrogens (tertiary/aromatic N) is 5. The number of aromatic nitrogens is 2. The fraction of sp³-hybridized carbons (Fsp3) is 0.522. The fourth-order valence-electron chi connectivity index (χ4n) is 4.37. The monoisotopic (exact) mass is 445 g/mol. The lowest BCUT2D eigenvalue weighted by Crippen LogP contribution is -2.49. The molecule has 2 fully saturated rings. The van der Waals surface area contributed by atoms with Gasteiger partial charge in [0.15, 0.2) is 11.6 Å². The highest BCUT2D eigenvalue weighted by molar-refractivity contribution is 6.30. The topological polar surface area (TPSA) is 52.6 Å². The van der Waals surface area contributed by atoms with Gasteiger partial charge in [-0.1, -0.05) is 17.7 Å². The highest BCUT2D eigenvalue weighted by atomic mass is 35.5. The number of aryl methyl sites for hydroxylation is 1. The molecule has 1 aromatic heterocycles. The van der Waals surface area contributed by atoms with Gasteiger partial charge in [-0.05, 0) is 62.4 Å². The number of amides is 1. The van der Waals surface area contributed by atoms with E-state index in [0.29, 0.717) is 32.0 Å². The lowest BCUT2D eigenvalue weighted by atomic mass is 10.0. The molecule has 1 unspecified atom stereocenters. The third-order valence-electron chi connectivity index (χ3n) is 6.30. The van der Waals surface area contributed by atoms with Crippen molar-refractivity contribution in [2.24, 2.45) is 0 Å². The summed E-state index contributed by atoms with van der Waals surface area (Å²) in [6.07, 6.45) is 4.64. The van der Waals surface area contributed by atoms with Crippen molar-refractivity contribution in [1.82, 2.24) is 15.1 Å². The molecule has 2 aliphatic rings. The standard InChI is InChI=1S/C23H29ClFN5O/c1-17-4-2-3-11-30(17)22-9-8-21(26-27-22)28-12-14-29(15-13-28)23(31)10-6-18-5-7-20(25)19(24)16-18/h5,7-9,16-17H,2-4,6,10-15H2,1H3. The third kappa shape index (κ3) is 5.26. The van der Waals surface area contributed by atoms with Gasteiger partial charge in [0.25, 0.3) is 0 Å². The minimum Gasteiger partial charge on any atom is -0.352 e. The van der Waals surface area contributed by atoms with Gasteiger partial charge in [0.05, 0.1) is 5.02 Å². The van der Waals surface area contributed by atoms with Crippen LogP contribution < -0.4 is 9.80 Å². The number of piperazine rings is 1. The van der Waals surface area contributed by atoms with E-state index in [1.165, 1.54) is 25.3 Å². The van der Waals surface area contributed by atoms with Crippen LogP contribution in [0.3, 0.4) is 0 Å². The molecule has 1 atom stereocenters. The molecule has 0 aliphatic carbocycles. The van der Waals surface area contributed by atoms with Gasteiger partial charge in [-0.2, -0.15) is 0 Å². The predicted molar refractivity (Wildman–Crippen MR) is 121 cm³/mol. The van der Waals surface area contributed by atoms with Gasteiger partial charge in [0.2, 0.25) is 5.91 Å². The number of carbonyl (C=O) groups is 1. The molecule has 2 aliphatic heterocycles. The van der Waals surface area contributed by atoms with Gasteiger partial charge in [-0.3, -0.25) is 4.79 Å². The zero-order valence-electron chi connectivity index (χ0n) is 17.9. The number of benzene rings is 1. The first-order chi connectivity index (χ1) is 15.0. The predicted octanol–water partition coefficient (Wildman–Crippen LogP) is 3.93. The fourth-order valence-corrected chi connectivity index (χ4v) is 4.57. The summed E-state index contributed by atoms with van der Waals surface area (Å²) in [6.45, 7) is 6.09. The number of rotatable bonds is 5. The lowest BCUT2D eigenvalue weighted by molar-refractivity contribution is -0.131. The highest BCUT2D eigenvalue weighted by Crippen LogP contribution is 2.24. The molecule has 2 aromatic rings. The molecule has 0 N–H and O–H groups in total. The van der Waals surface area contributed by atoms with Crippen molar-refractivity contribution in [3.63, 3.8) is 0 Å². The molecule has 31 heavy (non-hydrogen) atoms. The van der Waals surface area contributed by atoms with E-state index < -0.39 is 5.82 Å². The lowest BCUT2D eigenvalue weighted by Gasteiger charge is -2.36. The molecular weight excluding hydrogens is 417 g/mol. The number of piperidine rings is 1. The molecule has 4 rings (SSSR count). The Kier molecular flexibility index (Phi) is 6.90. The molecule has 8 heteroatoms. The second-order valence-corrected chi connectivity index (χ2v) is 8.81. The van der Waals surface area contributed by atoms with Crippen LogP contribution in [0.4, 0.5) is 16.0 Å². The smallest absolute Gasteiger partial charge is 0.223 e. The molecule has 0 bridgehead atoms. The second-order valence-electron chi connectivity index (χ2n) is 8.40. The van der Waals surface area contributed by atoms with Gasteiger partial charge >= 0.3 is 0 Å². The van der Waals surface area contributed by atoms with Crippen molar-refractivity contribution in [3.8, 4) is 0 Å². The van der Waals surface area contributed by atoms with Crippen LogP contribution in [0.2, 0.25) is 5.02 Å². The van der Waals surface area contributed by atoms with E-state index in [0.717, 1.165) is 36.8 Å². The Hall–Kier alpha value is -2.41. The Morgan fingerprint density at radius 3 is 2.48 bits per heavy atom. The minimum atomic E-state index is -0.436. The Balaban J connectivity index is 1.27. The van der Waals surface area contributed by atoms with Crippen LogP contribution in [0.5, 0.6) is 0 Å². The Morgan fingerprint density at radius 2 is 1.81 bits per heavy atom. The molecule has 2 saturated heterocycles. The molecular formula is C23H29ClFN5O. The number of carbonyl (C=O) groups excluding carboxylic acids is 1. The molecule has 1 amide bonds. The van der Waals surface area contributed by atoms with E-state index in [1.54, 1.807) is 12.1 Å². The highest BCUT2D eigenvalue weighted by Gasteiger charge is 2.23. The summed E-state index contributed by atoms with van der Waals surface area (Å²) >= 11 is 5.82. The molecule has 166 valence electrons. The van der Waals surface area contributed by atoms with Crippen molar-refractivity contribution in [3.05, 3.63) is 46.7 Å². The molecule has 1 aromatic carbocycles. The second kappa shape index (κ2) is 9.81. The Labute approximate surface area is 188 Å². The largest absolute Gasteiger partial charge is 0.352 e. The van der Waals surface area contributed by atoms with Crippen LogP contribution in [0.25, 0.3) is 0 Å². The van der Waals surface area contributed by atoms with Gasteiger partial charge in [-0.25, -0.2) is 4.39 Å². The summed E-state index contributed by atoms with van der Waals surface area (Å²) in [5, 5.41) is 9.03. The summed E-state index contributed by atoms with van der Waals surface area (Å²) in [5.74, 6) is 1.49. The maximum Gasteiger partial charge on any atom is 0.223 e. The van der Waals surface area contributed by atoms with Crippen LogP contribution in [0.1, 0.15) is 38.2 Å². The average molecular weight is 446 g/mol. The zero-order valence-corrected chi connectivity index (χ0v) is 18.7. The Bertz CT molecular complexity index is 901. The number of anilines is 2. The van der Waals surface area contributed by atoms with E-state index in [9.17, 15) is 9.18 Å². The van der Waals surface area contributed by atoms with Crippen molar-refractivity contribution in [2.75, 3.05) is 42.5 Å². The van der Waals surface area contributed by atoms with E-state index >= 15 is 0 Å². The van der Waals surface area contributed by atoms with Crippen LogP contribution in [-0.2, 0) is 11.2 Å². The van der Waals surface area contributed by atoms with Crippen molar-refractivity contribution < 1.29 is 9.18 Å². The quantitative estimate of drug-likeness (QED) is 0.698. The van der Waals surface area contributed by atoms with E-state index in [-0.39, 0.29) is 10.9 Å². The van der Waals surface area contributed by atoms with Gasteiger partial charge in [-0.15, -0.1) is 10.2 Å². The zero-order chi connectivity index (χ0) is 21.8. The number of hydrogen-bond acceptors (Lipinski definition) is 5. The van der Waals surface area contributed by atoms with Gasteiger partial charge < -0.3 is 14.7 Å². The summed E-state index contributed by atoms with van der Waals surface area (Å²) < 4.78 is 13.3. The Morgan fingerprint density at radius 1 is 1.06 bits per heavy atom. The summed E-state index contributed by atoms with van der Waals surface area (Å²) in [5.41, 5.74) is 0.872. The normalized spacial score (nSPS) is 19.6. The maximum atomic E-state index is 13.3. The first kappa shape index (κ1) is 21.8. The number of hydrogen-bond donors (Lipinski definition) is 0. The summed E-state index contributed by atoms with van der Waals surface area (Å²) in [7, 11) is 0. The summed E-state index contributed by atoms with van der Waals surface area (Å²) in [4.78, 5) is 19.0. The van der Waals surface area contributed by atoms with Crippen LogP contribution in [0.15, 0.2) is 30.3 Å². The van der Waals surface area contributed by atoms with Crippen molar-refractivity contribution in [2.45, 2.75) is 45.1 Å². The van der Waals surface area contributed by atoms with E-state index in [1.807, 2.05) is 11.0 Å². The minimum absolute atomic E-state index is 0.0976. The summed E-state index contributed by atoms with van der Waals surface area (Å²) in [6, 6.07) is 9.23. The van der Waals surface area contributed by atoms with E-state index in [4.69, 9.17) is 11.6 Å². The first-order valence-corrected chi connectivity index (χ1v) is 11.5. The van der Waals surface area contributed by atoms with Crippen LogP contribution >= 0.6 is 11.6 Å². The molecule has 3 heterocycles. The third-order valence-corrected chi connectivity index (χ3v) is 6.59. The van der Waals surface area contributed by atoms with Crippen molar-refractivity contribution >= 4 is 29.1 Å².